The highest BCUT2D eigenvalue weighted by Gasteiger charge is 2.19. The Bertz CT molecular complexity index is 628. The van der Waals surface area contributed by atoms with Gasteiger partial charge in [0, 0.05) is 6.07 Å². The monoisotopic (exact) mass is 362 g/mol. The first-order chi connectivity index (χ1) is 9.69. The van der Waals surface area contributed by atoms with Crippen LogP contribution in [0.2, 0.25) is 0 Å². The summed E-state index contributed by atoms with van der Waals surface area (Å²) in [5.41, 5.74) is 1.43. The lowest BCUT2D eigenvalue weighted by Gasteiger charge is -2.24. The van der Waals surface area contributed by atoms with Gasteiger partial charge in [-0.1, -0.05) is 0 Å². The average molecular weight is 364 g/mol. The lowest BCUT2D eigenvalue weighted by Crippen LogP contribution is -2.32. The van der Waals surface area contributed by atoms with Crippen LogP contribution in [0.4, 0.5) is 4.39 Å². The molecule has 2 aromatic rings. The summed E-state index contributed by atoms with van der Waals surface area (Å²) in [5.74, 6) is 0.635. The Morgan fingerprint density at radius 3 is 3.00 bits per heavy atom. The highest BCUT2D eigenvalue weighted by atomic mass is 79.9. The fourth-order valence-electron chi connectivity index (χ4n) is 2.32. The van der Waals surface area contributed by atoms with Gasteiger partial charge in [-0.05, 0) is 22.0 Å². The molecule has 7 heteroatoms. The minimum atomic E-state index is -0.333. The number of nitrogens with zero attached hydrogens (tertiary/aromatic N) is 2. The number of aromatic nitrogens is 2. The van der Waals surface area contributed by atoms with Crippen molar-refractivity contribution >= 4 is 38.6 Å². The molecule has 1 saturated heterocycles. The van der Waals surface area contributed by atoms with Gasteiger partial charge in [0.05, 0.1) is 53.9 Å². The first kappa shape index (κ1) is 14.3. The summed E-state index contributed by atoms with van der Waals surface area (Å²) in [6, 6.07) is 3.13. The normalized spacial score (nSPS) is 19.6. The Hall–Kier alpha value is -0.690. The van der Waals surface area contributed by atoms with Gasteiger partial charge in [0.2, 0.25) is 0 Å². The van der Waals surface area contributed by atoms with Crippen LogP contribution in [-0.2, 0) is 21.9 Å². The second-order valence-corrected chi connectivity index (χ2v) is 5.72. The van der Waals surface area contributed by atoms with E-state index < -0.39 is 0 Å². The van der Waals surface area contributed by atoms with Crippen molar-refractivity contribution < 1.29 is 13.9 Å². The molecule has 1 aliphatic rings. The van der Waals surface area contributed by atoms with Crippen LogP contribution >= 0.6 is 27.5 Å². The summed E-state index contributed by atoms with van der Waals surface area (Å²) in [7, 11) is 0. The number of halogens is 3. The fourth-order valence-corrected chi connectivity index (χ4v) is 2.86. The molecule has 1 aliphatic heterocycles. The largest absolute Gasteiger partial charge is 0.376 e. The zero-order valence-electron chi connectivity index (χ0n) is 10.6. The number of hydrogen-bond acceptors (Lipinski definition) is 3. The first-order valence-electron chi connectivity index (χ1n) is 6.28. The van der Waals surface area contributed by atoms with E-state index in [1.165, 1.54) is 6.07 Å². The maximum Gasteiger partial charge on any atom is 0.139 e. The maximum atomic E-state index is 13.6. The number of ether oxygens (including phenoxy) is 2. The lowest BCUT2D eigenvalue weighted by molar-refractivity contribution is -0.0934. The molecule has 0 amide bonds. The van der Waals surface area contributed by atoms with Crippen LogP contribution in [0, 0.1) is 5.82 Å². The van der Waals surface area contributed by atoms with Gasteiger partial charge in [0.1, 0.15) is 11.6 Å². The van der Waals surface area contributed by atoms with Crippen molar-refractivity contribution in [3.8, 4) is 0 Å². The van der Waals surface area contributed by atoms with Crippen molar-refractivity contribution in [3.05, 3.63) is 28.2 Å². The summed E-state index contributed by atoms with van der Waals surface area (Å²) in [6.07, 6.45) is -0.0352. The summed E-state index contributed by atoms with van der Waals surface area (Å²) in [4.78, 5) is 4.37. The molecule has 3 rings (SSSR count). The van der Waals surface area contributed by atoms with E-state index in [1.54, 1.807) is 6.07 Å². The molecule has 108 valence electrons. The second-order valence-electron chi connectivity index (χ2n) is 4.60. The average Bonchev–Trinajstić information content (AvgIpc) is 2.78. The van der Waals surface area contributed by atoms with Crippen molar-refractivity contribution in [2.24, 2.45) is 0 Å². The Kier molecular flexibility index (Phi) is 4.26. The number of imidazole rings is 1. The van der Waals surface area contributed by atoms with E-state index in [1.807, 2.05) is 4.57 Å². The lowest BCUT2D eigenvalue weighted by atomic mass is 10.3. The summed E-state index contributed by atoms with van der Waals surface area (Å²) >= 11 is 9.14. The Balaban J connectivity index is 2.00. The third kappa shape index (κ3) is 2.70. The van der Waals surface area contributed by atoms with E-state index in [-0.39, 0.29) is 17.8 Å². The Labute approximate surface area is 128 Å². The summed E-state index contributed by atoms with van der Waals surface area (Å²) in [5, 5.41) is 0. The molecular formula is C13H13BrClFN2O2. The molecule has 0 saturated carbocycles. The van der Waals surface area contributed by atoms with E-state index in [4.69, 9.17) is 21.1 Å². The third-order valence-corrected chi connectivity index (χ3v) is 4.11. The molecule has 20 heavy (non-hydrogen) atoms. The van der Waals surface area contributed by atoms with Gasteiger partial charge in [-0.3, -0.25) is 0 Å². The molecule has 1 aromatic carbocycles. The molecule has 1 fully saturated rings. The smallest absolute Gasteiger partial charge is 0.139 e. The van der Waals surface area contributed by atoms with E-state index in [2.05, 4.69) is 20.9 Å². The maximum absolute atomic E-state index is 13.6. The molecule has 2 heterocycles. The van der Waals surface area contributed by atoms with Gasteiger partial charge in [0.25, 0.3) is 0 Å². The number of hydrogen-bond donors (Lipinski definition) is 0. The Morgan fingerprint density at radius 2 is 2.30 bits per heavy atom. The molecule has 0 N–H and O–H groups in total. The molecule has 1 atom stereocenters. The zero-order chi connectivity index (χ0) is 14.1. The topological polar surface area (TPSA) is 36.3 Å². The van der Waals surface area contributed by atoms with E-state index in [0.29, 0.717) is 42.2 Å². The van der Waals surface area contributed by atoms with Gasteiger partial charge in [-0.25, -0.2) is 9.37 Å². The number of fused-ring (bicyclic) bond motifs is 1. The van der Waals surface area contributed by atoms with Crippen molar-refractivity contribution in [2.45, 2.75) is 18.5 Å². The molecule has 0 radical (unpaired) electrons. The van der Waals surface area contributed by atoms with Crippen LogP contribution in [0.1, 0.15) is 5.82 Å². The predicted molar refractivity (Wildman–Crippen MR) is 77.5 cm³/mol. The van der Waals surface area contributed by atoms with Crippen molar-refractivity contribution in [3.63, 3.8) is 0 Å². The standard InChI is InChI=1S/C13H13BrClFN2O2/c14-9-3-12-11(4-10(9)16)17-13(5-15)18(12)6-8-7-19-1-2-20-8/h3-4,8H,1-2,5-7H2. The molecule has 1 aromatic heterocycles. The number of rotatable bonds is 3. The first-order valence-corrected chi connectivity index (χ1v) is 7.61. The summed E-state index contributed by atoms with van der Waals surface area (Å²) in [6.45, 7) is 2.35. The number of benzene rings is 1. The third-order valence-electron chi connectivity index (χ3n) is 3.26. The molecule has 1 unspecified atom stereocenters. The van der Waals surface area contributed by atoms with Gasteiger partial charge >= 0.3 is 0 Å². The van der Waals surface area contributed by atoms with Gasteiger partial charge < -0.3 is 14.0 Å². The van der Waals surface area contributed by atoms with Crippen molar-refractivity contribution in [1.82, 2.24) is 9.55 Å². The van der Waals surface area contributed by atoms with E-state index >= 15 is 0 Å². The highest BCUT2D eigenvalue weighted by Crippen LogP contribution is 2.25. The molecule has 0 spiro atoms. The second kappa shape index (κ2) is 5.97. The predicted octanol–water partition coefficient (Wildman–Crippen LogP) is 3.09. The fraction of sp³-hybridized carbons (Fsp3) is 0.462. The van der Waals surface area contributed by atoms with Crippen LogP contribution in [0.25, 0.3) is 11.0 Å². The van der Waals surface area contributed by atoms with Crippen LogP contribution < -0.4 is 0 Å². The van der Waals surface area contributed by atoms with Crippen molar-refractivity contribution in [1.29, 1.82) is 0 Å². The van der Waals surface area contributed by atoms with Crippen LogP contribution in [-0.4, -0.2) is 35.5 Å². The van der Waals surface area contributed by atoms with E-state index in [9.17, 15) is 4.39 Å². The SMILES string of the molecule is Fc1cc2nc(CCl)n(CC3COCCO3)c2cc1Br. The van der Waals surface area contributed by atoms with E-state index in [0.717, 1.165) is 5.52 Å². The molecule has 0 bridgehead atoms. The molecular weight excluding hydrogens is 351 g/mol. The molecule has 4 nitrogen and oxygen atoms in total. The van der Waals surface area contributed by atoms with Gasteiger partial charge in [0.15, 0.2) is 0 Å². The minimum absolute atomic E-state index is 0.0352. The van der Waals surface area contributed by atoms with Crippen molar-refractivity contribution in [2.75, 3.05) is 19.8 Å². The highest BCUT2D eigenvalue weighted by molar-refractivity contribution is 9.10. The summed E-state index contributed by atoms with van der Waals surface area (Å²) < 4.78 is 27.0. The quantitative estimate of drug-likeness (QED) is 0.786. The molecule has 0 aliphatic carbocycles. The number of alkyl halides is 1. The minimum Gasteiger partial charge on any atom is -0.376 e. The van der Waals surface area contributed by atoms with Crippen LogP contribution in [0.5, 0.6) is 0 Å². The van der Waals surface area contributed by atoms with Crippen LogP contribution in [0.15, 0.2) is 16.6 Å². The Morgan fingerprint density at radius 1 is 1.45 bits per heavy atom. The zero-order valence-corrected chi connectivity index (χ0v) is 13.0. The van der Waals surface area contributed by atoms with Crippen LogP contribution in [0.3, 0.4) is 0 Å². The van der Waals surface area contributed by atoms with Gasteiger partial charge in [-0.15, -0.1) is 11.6 Å². The van der Waals surface area contributed by atoms with Gasteiger partial charge in [-0.2, -0.15) is 0 Å².